The predicted molar refractivity (Wildman–Crippen MR) is 47.6 cm³/mol. The van der Waals surface area contributed by atoms with E-state index in [9.17, 15) is 0 Å². The molecule has 0 radical (unpaired) electrons. The minimum atomic E-state index is 0.0822. The van der Waals surface area contributed by atoms with Crippen LogP contribution in [0.4, 0.5) is 0 Å². The zero-order valence-electron chi connectivity index (χ0n) is 6.76. The Morgan fingerprint density at radius 2 is 2.18 bits per heavy atom. The summed E-state index contributed by atoms with van der Waals surface area (Å²) in [7, 11) is 0. The van der Waals surface area contributed by atoms with Gasteiger partial charge in [-0.25, -0.2) is 0 Å². The van der Waals surface area contributed by atoms with Crippen molar-refractivity contribution in [2.75, 3.05) is 0 Å². The molecule has 0 amide bonds. The number of nitrogens with one attached hydrogen (secondary N) is 1. The Balaban J connectivity index is 2.76. The van der Waals surface area contributed by atoms with Gasteiger partial charge in [-0.1, -0.05) is 25.4 Å². The first-order chi connectivity index (χ1) is 5.11. The van der Waals surface area contributed by atoms with E-state index in [0.29, 0.717) is 11.1 Å². The SMILES string of the molecule is CC(C)C(N)c1c[nH]c(Cl)c1. The van der Waals surface area contributed by atoms with E-state index in [4.69, 9.17) is 17.3 Å². The summed E-state index contributed by atoms with van der Waals surface area (Å²) >= 11 is 5.70. The van der Waals surface area contributed by atoms with Crippen LogP contribution in [0.3, 0.4) is 0 Å². The van der Waals surface area contributed by atoms with Crippen molar-refractivity contribution in [1.29, 1.82) is 0 Å². The Morgan fingerprint density at radius 1 is 1.55 bits per heavy atom. The standard InChI is InChI=1S/C8H13ClN2/c1-5(2)8(10)6-3-7(9)11-4-6/h3-5,8,11H,10H2,1-2H3. The molecule has 1 heterocycles. The first kappa shape index (κ1) is 8.62. The first-order valence-electron chi connectivity index (χ1n) is 3.70. The fourth-order valence-corrected chi connectivity index (χ4v) is 1.14. The van der Waals surface area contributed by atoms with Crippen molar-refractivity contribution in [2.24, 2.45) is 11.7 Å². The lowest BCUT2D eigenvalue weighted by molar-refractivity contribution is 0.515. The number of rotatable bonds is 2. The lowest BCUT2D eigenvalue weighted by Gasteiger charge is -2.12. The summed E-state index contributed by atoms with van der Waals surface area (Å²) in [5.41, 5.74) is 6.95. The molecule has 0 aliphatic heterocycles. The van der Waals surface area contributed by atoms with Crippen molar-refractivity contribution in [3.8, 4) is 0 Å². The second-order valence-electron chi connectivity index (χ2n) is 3.05. The summed E-state index contributed by atoms with van der Waals surface area (Å²) < 4.78 is 0. The molecule has 62 valence electrons. The van der Waals surface area contributed by atoms with Crippen LogP contribution < -0.4 is 5.73 Å². The molecule has 11 heavy (non-hydrogen) atoms. The second kappa shape index (κ2) is 3.28. The maximum Gasteiger partial charge on any atom is 0.106 e. The van der Waals surface area contributed by atoms with Crippen LogP contribution in [0.15, 0.2) is 12.3 Å². The van der Waals surface area contributed by atoms with Gasteiger partial charge >= 0.3 is 0 Å². The van der Waals surface area contributed by atoms with Gasteiger partial charge in [-0.05, 0) is 17.5 Å². The zero-order valence-corrected chi connectivity index (χ0v) is 7.52. The number of hydrogen-bond donors (Lipinski definition) is 2. The van der Waals surface area contributed by atoms with E-state index < -0.39 is 0 Å². The predicted octanol–water partition coefficient (Wildman–Crippen LogP) is 2.32. The number of H-pyrrole nitrogens is 1. The number of aromatic nitrogens is 1. The molecule has 0 saturated heterocycles. The van der Waals surface area contributed by atoms with Gasteiger partial charge in [-0.15, -0.1) is 0 Å². The normalized spacial score (nSPS) is 13.9. The number of halogens is 1. The molecule has 1 aromatic rings. The molecule has 0 spiro atoms. The van der Waals surface area contributed by atoms with Gasteiger partial charge < -0.3 is 10.7 Å². The monoisotopic (exact) mass is 172 g/mol. The zero-order chi connectivity index (χ0) is 8.43. The Hall–Kier alpha value is -0.470. The van der Waals surface area contributed by atoms with E-state index in [1.54, 1.807) is 0 Å². The largest absolute Gasteiger partial charge is 0.352 e. The highest BCUT2D eigenvalue weighted by atomic mass is 35.5. The molecule has 1 rings (SSSR count). The average Bonchev–Trinajstić information content (AvgIpc) is 2.34. The van der Waals surface area contributed by atoms with Gasteiger partial charge in [0, 0.05) is 12.2 Å². The van der Waals surface area contributed by atoms with Crippen LogP contribution >= 0.6 is 11.6 Å². The van der Waals surface area contributed by atoms with Gasteiger partial charge in [0.15, 0.2) is 0 Å². The summed E-state index contributed by atoms with van der Waals surface area (Å²) in [6.45, 7) is 4.18. The Labute approximate surface area is 71.7 Å². The van der Waals surface area contributed by atoms with Crippen LogP contribution in [0.1, 0.15) is 25.5 Å². The molecule has 0 bridgehead atoms. The summed E-state index contributed by atoms with van der Waals surface area (Å²) in [6, 6.07) is 1.95. The molecule has 3 heteroatoms. The van der Waals surface area contributed by atoms with E-state index >= 15 is 0 Å². The van der Waals surface area contributed by atoms with Gasteiger partial charge in [0.25, 0.3) is 0 Å². The van der Waals surface area contributed by atoms with Gasteiger partial charge in [0.05, 0.1) is 0 Å². The van der Waals surface area contributed by atoms with Crippen LogP contribution in [0.25, 0.3) is 0 Å². The van der Waals surface area contributed by atoms with Crippen LogP contribution in [-0.4, -0.2) is 4.98 Å². The van der Waals surface area contributed by atoms with Gasteiger partial charge in [-0.3, -0.25) is 0 Å². The highest BCUT2D eigenvalue weighted by Crippen LogP contribution is 2.20. The second-order valence-corrected chi connectivity index (χ2v) is 3.46. The molecule has 3 N–H and O–H groups in total. The molecule has 0 aromatic carbocycles. The third-order valence-electron chi connectivity index (χ3n) is 1.77. The van der Waals surface area contributed by atoms with Crippen molar-refractivity contribution in [2.45, 2.75) is 19.9 Å². The molecule has 0 aliphatic rings. The molecule has 0 fully saturated rings. The van der Waals surface area contributed by atoms with Crippen LogP contribution in [0, 0.1) is 5.92 Å². The van der Waals surface area contributed by atoms with Crippen LogP contribution in [0.2, 0.25) is 5.15 Å². The van der Waals surface area contributed by atoms with E-state index in [1.807, 2.05) is 12.3 Å². The van der Waals surface area contributed by atoms with Crippen molar-refractivity contribution in [3.05, 3.63) is 23.0 Å². The Kier molecular flexibility index (Phi) is 2.58. The van der Waals surface area contributed by atoms with Crippen LogP contribution in [0.5, 0.6) is 0 Å². The molecule has 1 atom stereocenters. The quantitative estimate of drug-likeness (QED) is 0.707. The lowest BCUT2D eigenvalue weighted by Crippen LogP contribution is -2.15. The molecular formula is C8H13ClN2. The molecular weight excluding hydrogens is 160 g/mol. The molecule has 1 aromatic heterocycles. The number of aromatic amines is 1. The van der Waals surface area contributed by atoms with Crippen molar-refractivity contribution in [1.82, 2.24) is 4.98 Å². The molecule has 0 aliphatic carbocycles. The van der Waals surface area contributed by atoms with E-state index in [-0.39, 0.29) is 6.04 Å². The van der Waals surface area contributed by atoms with E-state index in [0.717, 1.165) is 5.56 Å². The van der Waals surface area contributed by atoms with Crippen molar-refractivity contribution in [3.63, 3.8) is 0 Å². The van der Waals surface area contributed by atoms with Crippen LogP contribution in [-0.2, 0) is 0 Å². The third kappa shape index (κ3) is 1.98. The Morgan fingerprint density at radius 3 is 2.55 bits per heavy atom. The smallest absolute Gasteiger partial charge is 0.106 e. The van der Waals surface area contributed by atoms with Crippen molar-refractivity contribution >= 4 is 11.6 Å². The van der Waals surface area contributed by atoms with E-state index in [1.165, 1.54) is 0 Å². The topological polar surface area (TPSA) is 41.8 Å². The highest BCUT2D eigenvalue weighted by molar-refractivity contribution is 6.29. The third-order valence-corrected chi connectivity index (χ3v) is 1.99. The molecule has 1 unspecified atom stereocenters. The van der Waals surface area contributed by atoms with Gasteiger partial charge in [0.2, 0.25) is 0 Å². The number of hydrogen-bond acceptors (Lipinski definition) is 1. The first-order valence-corrected chi connectivity index (χ1v) is 4.08. The summed E-state index contributed by atoms with van der Waals surface area (Å²) in [4.78, 5) is 2.89. The number of nitrogens with two attached hydrogens (primary N) is 1. The maximum atomic E-state index is 5.87. The summed E-state index contributed by atoms with van der Waals surface area (Å²) in [5.74, 6) is 0.446. The van der Waals surface area contributed by atoms with Gasteiger partial charge in [-0.2, -0.15) is 0 Å². The average molecular weight is 173 g/mol. The minimum Gasteiger partial charge on any atom is -0.352 e. The van der Waals surface area contributed by atoms with E-state index in [2.05, 4.69) is 18.8 Å². The minimum absolute atomic E-state index is 0.0822. The lowest BCUT2D eigenvalue weighted by atomic mass is 10.00. The fourth-order valence-electron chi connectivity index (χ4n) is 0.959. The van der Waals surface area contributed by atoms with Gasteiger partial charge in [0.1, 0.15) is 5.15 Å². The summed E-state index contributed by atoms with van der Waals surface area (Å²) in [6.07, 6.45) is 1.85. The molecule has 0 saturated carbocycles. The Bertz CT molecular complexity index is 230. The summed E-state index contributed by atoms with van der Waals surface area (Å²) in [5, 5.41) is 0.649. The molecule has 2 nitrogen and oxygen atoms in total. The van der Waals surface area contributed by atoms with Crippen molar-refractivity contribution < 1.29 is 0 Å². The maximum absolute atomic E-state index is 5.87. The highest BCUT2D eigenvalue weighted by Gasteiger charge is 2.10. The fraction of sp³-hybridized carbons (Fsp3) is 0.500.